The minimum absolute atomic E-state index is 0.0681. The standard InChI is InChI=1S/C24H37N3O5/c1-24(2,3)7-8-25-9-11-26(12-10-25)23(29)17-13-21(28)27(16-17)18-14-19(30-4)22(32-6)20(15-18)31-5/h14-15,17H,7-13,16H2,1-6H3. The van der Waals surface area contributed by atoms with E-state index in [0.717, 1.165) is 39.1 Å². The van der Waals surface area contributed by atoms with E-state index in [9.17, 15) is 9.59 Å². The minimum Gasteiger partial charge on any atom is -0.493 e. The molecule has 2 aliphatic rings. The van der Waals surface area contributed by atoms with Gasteiger partial charge in [0.2, 0.25) is 17.6 Å². The Morgan fingerprint density at radius 1 is 1.00 bits per heavy atom. The molecule has 0 spiro atoms. The Kier molecular flexibility index (Phi) is 7.54. The number of carbonyl (C=O) groups excluding carboxylic acids is 2. The lowest BCUT2D eigenvalue weighted by Crippen LogP contribution is -2.51. The van der Waals surface area contributed by atoms with Crippen molar-refractivity contribution in [2.75, 3.05) is 65.5 Å². The van der Waals surface area contributed by atoms with Crippen LogP contribution in [0.25, 0.3) is 0 Å². The van der Waals surface area contributed by atoms with Crippen molar-refractivity contribution in [1.29, 1.82) is 0 Å². The van der Waals surface area contributed by atoms with Crippen molar-refractivity contribution >= 4 is 17.5 Å². The lowest BCUT2D eigenvalue weighted by molar-refractivity contribution is -0.137. The number of hydrogen-bond donors (Lipinski definition) is 0. The molecule has 3 rings (SSSR count). The Hall–Kier alpha value is -2.48. The maximum Gasteiger partial charge on any atom is 0.228 e. The molecule has 0 aromatic heterocycles. The van der Waals surface area contributed by atoms with Crippen molar-refractivity contribution in [2.24, 2.45) is 11.3 Å². The van der Waals surface area contributed by atoms with E-state index in [1.54, 1.807) is 38.4 Å². The van der Waals surface area contributed by atoms with Crippen molar-refractivity contribution < 1.29 is 23.8 Å². The fourth-order valence-corrected chi connectivity index (χ4v) is 4.29. The smallest absolute Gasteiger partial charge is 0.228 e. The van der Waals surface area contributed by atoms with Crippen molar-refractivity contribution in [1.82, 2.24) is 9.80 Å². The van der Waals surface area contributed by atoms with Gasteiger partial charge in [0.15, 0.2) is 11.5 Å². The molecule has 2 saturated heterocycles. The predicted octanol–water partition coefficient (Wildman–Crippen LogP) is 2.65. The minimum atomic E-state index is -0.331. The van der Waals surface area contributed by atoms with Crippen LogP contribution in [0.5, 0.6) is 17.2 Å². The molecule has 2 fully saturated rings. The summed E-state index contributed by atoms with van der Waals surface area (Å²) < 4.78 is 16.2. The third kappa shape index (κ3) is 5.46. The lowest BCUT2D eigenvalue weighted by atomic mass is 9.92. The van der Waals surface area contributed by atoms with Gasteiger partial charge in [0.1, 0.15) is 0 Å². The van der Waals surface area contributed by atoms with E-state index < -0.39 is 0 Å². The first-order valence-corrected chi connectivity index (χ1v) is 11.3. The molecule has 32 heavy (non-hydrogen) atoms. The summed E-state index contributed by atoms with van der Waals surface area (Å²) >= 11 is 0. The van der Waals surface area contributed by atoms with E-state index in [4.69, 9.17) is 14.2 Å². The molecule has 1 aromatic carbocycles. The predicted molar refractivity (Wildman–Crippen MR) is 124 cm³/mol. The van der Waals surface area contributed by atoms with Crippen LogP contribution in [-0.2, 0) is 9.59 Å². The number of anilines is 1. The van der Waals surface area contributed by atoms with E-state index in [0.29, 0.717) is 34.9 Å². The summed E-state index contributed by atoms with van der Waals surface area (Å²) in [6.45, 7) is 11.4. The van der Waals surface area contributed by atoms with Crippen LogP contribution < -0.4 is 19.1 Å². The zero-order chi connectivity index (χ0) is 23.5. The van der Waals surface area contributed by atoms with Gasteiger partial charge in [-0.1, -0.05) is 20.8 Å². The molecule has 1 atom stereocenters. The average molecular weight is 448 g/mol. The van der Waals surface area contributed by atoms with Crippen LogP contribution in [-0.4, -0.2) is 82.2 Å². The van der Waals surface area contributed by atoms with Crippen LogP contribution in [0.1, 0.15) is 33.6 Å². The fourth-order valence-electron chi connectivity index (χ4n) is 4.29. The number of hydrogen-bond acceptors (Lipinski definition) is 6. The SMILES string of the molecule is COc1cc(N2CC(C(=O)N3CCN(CCC(C)(C)C)CC3)CC2=O)cc(OC)c1OC. The van der Waals surface area contributed by atoms with Gasteiger partial charge in [-0.25, -0.2) is 0 Å². The number of ether oxygens (including phenoxy) is 3. The summed E-state index contributed by atoms with van der Waals surface area (Å²) in [6, 6.07) is 3.50. The van der Waals surface area contributed by atoms with E-state index in [1.807, 2.05) is 4.90 Å². The highest BCUT2D eigenvalue weighted by Gasteiger charge is 2.38. The lowest BCUT2D eigenvalue weighted by Gasteiger charge is -2.37. The summed E-state index contributed by atoms with van der Waals surface area (Å²) in [5, 5.41) is 0. The summed E-state index contributed by atoms with van der Waals surface area (Å²) in [5.41, 5.74) is 0.958. The Balaban J connectivity index is 1.63. The first-order valence-electron chi connectivity index (χ1n) is 11.3. The largest absolute Gasteiger partial charge is 0.493 e. The van der Waals surface area contributed by atoms with Crippen molar-refractivity contribution in [2.45, 2.75) is 33.6 Å². The Labute approximate surface area is 191 Å². The fraction of sp³-hybridized carbons (Fsp3) is 0.667. The van der Waals surface area contributed by atoms with Crippen molar-refractivity contribution in [3.05, 3.63) is 12.1 Å². The van der Waals surface area contributed by atoms with Crippen LogP contribution >= 0.6 is 0 Å². The van der Waals surface area contributed by atoms with Gasteiger partial charge in [-0.15, -0.1) is 0 Å². The maximum absolute atomic E-state index is 13.2. The molecule has 2 aliphatic heterocycles. The molecule has 0 radical (unpaired) electrons. The third-order valence-corrected chi connectivity index (χ3v) is 6.30. The van der Waals surface area contributed by atoms with Gasteiger partial charge in [0, 0.05) is 51.3 Å². The monoisotopic (exact) mass is 447 g/mol. The van der Waals surface area contributed by atoms with E-state index in [2.05, 4.69) is 25.7 Å². The molecule has 178 valence electrons. The number of amides is 2. The summed E-state index contributed by atoms with van der Waals surface area (Å²) in [4.78, 5) is 31.9. The van der Waals surface area contributed by atoms with Crippen LogP contribution in [0.15, 0.2) is 12.1 Å². The zero-order valence-electron chi connectivity index (χ0n) is 20.3. The van der Waals surface area contributed by atoms with Crippen LogP contribution in [0, 0.1) is 11.3 Å². The van der Waals surface area contributed by atoms with Gasteiger partial charge in [-0.3, -0.25) is 14.5 Å². The highest BCUT2D eigenvalue weighted by molar-refractivity contribution is 6.00. The normalized spacial score (nSPS) is 19.9. The Morgan fingerprint density at radius 2 is 1.59 bits per heavy atom. The molecule has 0 bridgehead atoms. The summed E-state index contributed by atoms with van der Waals surface area (Å²) in [6.07, 6.45) is 1.36. The number of rotatable bonds is 7. The molecule has 2 heterocycles. The topological polar surface area (TPSA) is 71.6 Å². The number of nitrogens with zero attached hydrogens (tertiary/aromatic N) is 3. The summed E-state index contributed by atoms with van der Waals surface area (Å²) in [5.74, 6) is 1.11. The highest BCUT2D eigenvalue weighted by atomic mass is 16.5. The first-order chi connectivity index (χ1) is 15.2. The molecule has 8 nitrogen and oxygen atoms in total. The molecule has 2 amide bonds. The molecular formula is C24H37N3O5. The number of methoxy groups -OCH3 is 3. The van der Waals surface area contributed by atoms with Crippen molar-refractivity contribution in [3.63, 3.8) is 0 Å². The van der Waals surface area contributed by atoms with Gasteiger partial charge in [-0.05, 0) is 18.4 Å². The molecule has 0 N–H and O–H groups in total. The molecule has 1 unspecified atom stereocenters. The summed E-state index contributed by atoms with van der Waals surface area (Å²) in [7, 11) is 4.62. The number of benzene rings is 1. The van der Waals surface area contributed by atoms with E-state index in [1.165, 1.54) is 0 Å². The van der Waals surface area contributed by atoms with Crippen LogP contribution in [0.2, 0.25) is 0 Å². The molecule has 1 aromatic rings. The van der Waals surface area contributed by atoms with Gasteiger partial charge >= 0.3 is 0 Å². The maximum atomic E-state index is 13.2. The second kappa shape index (κ2) is 9.98. The van der Waals surface area contributed by atoms with Crippen LogP contribution in [0.4, 0.5) is 5.69 Å². The van der Waals surface area contributed by atoms with Gasteiger partial charge in [0.05, 0.1) is 32.9 Å². The molecule has 0 aliphatic carbocycles. The van der Waals surface area contributed by atoms with Gasteiger partial charge in [-0.2, -0.15) is 0 Å². The van der Waals surface area contributed by atoms with Gasteiger partial charge < -0.3 is 24.0 Å². The molecule has 0 saturated carbocycles. The first kappa shape index (κ1) is 24.2. The van der Waals surface area contributed by atoms with E-state index in [-0.39, 0.29) is 24.2 Å². The quantitative estimate of drug-likeness (QED) is 0.640. The Bertz CT molecular complexity index is 802. The second-order valence-corrected chi connectivity index (χ2v) is 9.77. The second-order valence-electron chi connectivity index (χ2n) is 9.77. The highest BCUT2D eigenvalue weighted by Crippen LogP contribution is 2.42. The zero-order valence-corrected chi connectivity index (χ0v) is 20.3. The van der Waals surface area contributed by atoms with Crippen molar-refractivity contribution in [3.8, 4) is 17.2 Å². The molecule has 8 heteroatoms. The third-order valence-electron chi connectivity index (χ3n) is 6.30. The number of carbonyl (C=O) groups is 2. The molecular weight excluding hydrogens is 410 g/mol. The van der Waals surface area contributed by atoms with Gasteiger partial charge in [0.25, 0.3) is 0 Å². The average Bonchev–Trinajstić information content (AvgIpc) is 3.17. The van der Waals surface area contributed by atoms with E-state index >= 15 is 0 Å². The number of piperazine rings is 1. The Morgan fingerprint density at radius 3 is 2.09 bits per heavy atom. The van der Waals surface area contributed by atoms with Crippen LogP contribution in [0.3, 0.4) is 0 Å².